The Morgan fingerprint density at radius 2 is 2.38 bits per heavy atom. The maximum atomic E-state index is 4.87. The zero-order valence-corrected chi connectivity index (χ0v) is 7.19. The third-order valence-corrected chi connectivity index (χ3v) is 2.28. The van der Waals surface area contributed by atoms with E-state index in [4.69, 9.17) is 4.74 Å². The van der Waals surface area contributed by atoms with Crippen LogP contribution >= 0.6 is 21.0 Å². The van der Waals surface area contributed by atoms with E-state index in [1.165, 1.54) is 12.2 Å². The number of hydrogen-bond acceptors (Lipinski definition) is 2. The Kier molecular flexibility index (Phi) is 8.46. The Bertz CT molecular complexity index is 37.4. The third kappa shape index (κ3) is 6.74. The van der Waals surface area contributed by atoms with Gasteiger partial charge in [0.15, 0.2) is 0 Å². The van der Waals surface area contributed by atoms with Crippen LogP contribution in [0.25, 0.3) is 0 Å². The Morgan fingerprint density at radius 3 is 2.88 bits per heavy atom. The van der Waals surface area contributed by atoms with Gasteiger partial charge >= 0.3 is 0 Å². The number of thioether (sulfide) groups is 1. The first-order chi connectivity index (χ1) is 3.91. The van der Waals surface area contributed by atoms with Crippen LogP contribution in [0.5, 0.6) is 0 Å². The normalized spacial score (nSPS) is 9.75. The fourth-order valence-corrected chi connectivity index (χ4v) is 1.38. The molecule has 1 unspecified atom stereocenters. The molecule has 1 atom stereocenters. The van der Waals surface area contributed by atoms with Crippen molar-refractivity contribution < 1.29 is 4.74 Å². The second-order valence-electron chi connectivity index (χ2n) is 1.42. The van der Waals surface area contributed by atoms with Crippen molar-refractivity contribution in [3.63, 3.8) is 0 Å². The van der Waals surface area contributed by atoms with E-state index in [2.05, 4.69) is 9.24 Å². The highest BCUT2D eigenvalue weighted by Gasteiger charge is 1.83. The molecule has 50 valence electrons. The molecule has 3 heteroatoms. The van der Waals surface area contributed by atoms with Crippen molar-refractivity contribution in [1.29, 1.82) is 0 Å². The van der Waals surface area contributed by atoms with Crippen molar-refractivity contribution in [2.24, 2.45) is 0 Å². The van der Waals surface area contributed by atoms with Gasteiger partial charge in [-0.15, -0.1) is 9.24 Å². The summed E-state index contributed by atoms with van der Waals surface area (Å²) in [6.45, 7) is 0.900. The van der Waals surface area contributed by atoms with Gasteiger partial charge in [-0.25, -0.2) is 0 Å². The van der Waals surface area contributed by atoms with E-state index in [1.54, 1.807) is 7.11 Å². The van der Waals surface area contributed by atoms with E-state index in [0.29, 0.717) is 0 Å². The Hall–Kier alpha value is 0.740. The molecule has 0 aliphatic rings. The van der Waals surface area contributed by atoms with Gasteiger partial charge in [0.25, 0.3) is 0 Å². The van der Waals surface area contributed by atoms with Crippen molar-refractivity contribution in [3.05, 3.63) is 0 Å². The van der Waals surface area contributed by atoms with Crippen LogP contribution in [0, 0.1) is 0 Å². The van der Waals surface area contributed by atoms with Gasteiger partial charge in [0, 0.05) is 19.2 Å². The molecular formula is C5H13OPS. The molecule has 0 saturated carbocycles. The fraction of sp³-hybridized carbons (Fsp3) is 1.00. The van der Waals surface area contributed by atoms with Crippen LogP contribution < -0.4 is 0 Å². The van der Waals surface area contributed by atoms with Crippen LogP contribution in [0.3, 0.4) is 0 Å². The van der Waals surface area contributed by atoms with Crippen LogP contribution in [-0.2, 0) is 4.74 Å². The van der Waals surface area contributed by atoms with Gasteiger partial charge in [-0.3, -0.25) is 0 Å². The van der Waals surface area contributed by atoms with Gasteiger partial charge in [0.1, 0.15) is 0 Å². The highest BCUT2D eigenvalue weighted by atomic mass is 32.2. The second kappa shape index (κ2) is 7.74. The number of rotatable bonds is 5. The van der Waals surface area contributed by atoms with Gasteiger partial charge in [0.05, 0.1) is 0 Å². The summed E-state index contributed by atoms with van der Waals surface area (Å²) in [4.78, 5) is 0. The molecule has 0 N–H and O–H groups in total. The van der Waals surface area contributed by atoms with Crippen LogP contribution in [0.2, 0.25) is 0 Å². The molecule has 0 aromatic heterocycles. The molecule has 0 rings (SSSR count). The van der Waals surface area contributed by atoms with E-state index >= 15 is 0 Å². The number of ether oxygens (including phenoxy) is 1. The number of hydrogen-bond donors (Lipinski definition) is 0. The molecule has 1 nitrogen and oxygen atoms in total. The summed E-state index contributed by atoms with van der Waals surface area (Å²) in [6.07, 6.45) is 1.18. The third-order valence-electron chi connectivity index (χ3n) is 0.755. The molecule has 0 aliphatic heterocycles. The van der Waals surface area contributed by atoms with Crippen molar-refractivity contribution in [2.75, 3.05) is 25.0 Å². The molecule has 0 heterocycles. The topological polar surface area (TPSA) is 9.23 Å². The predicted octanol–water partition coefficient (Wildman–Crippen LogP) is 1.59. The lowest BCUT2D eigenvalue weighted by Crippen LogP contribution is -1.89. The van der Waals surface area contributed by atoms with E-state index in [9.17, 15) is 0 Å². The van der Waals surface area contributed by atoms with Gasteiger partial charge in [-0.05, 0) is 12.2 Å². The van der Waals surface area contributed by atoms with Gasteiger partial charge in [0.2, 0.25) is 0 Å². The summed E-state index contributed by atoms with van der Waals surface area (Å²) in [5.74, 6) is 1.22. The smallest absolute Gasteiger partial charge is 0.0470 e. The highest BCUT2D eigenvalue weighted by molar-refractivity contribution is 8.02. The molecule has 0 fully saturated rings. The molecule has 0 aromatic rings. The second-order valence-corrected chi connectivity index (χ2v) is 3.57. The fourth-order valence-electron chi connectivity index (χ4n) is 0.389. The lowest BCUT2D eigenvalue weighted by atomic mass is 10.5. The molecular weight excluding hydrogens is 139 g/mol. The van der Waals surface area contributed by atoms with E-state index in [0.717, 1.165) is 12.1 Å². The molecule has 8 heavy (non-hydrogen) atoms. The number of methoxy groups -OCH3 is 1. The average molecular weight is 152 g/mol. The van der Waals surface area contributed by atoms with Crippen molar-refractivity contribution in [3.8, 4) is 0 Å². The standard InChI is InChI=1S/C5H13OPS/c1-6-3-2-4-8-5-7/h2-5,7H2,1H3. The first kappa shape index (κ1) is 8.74. The van der Waals surface area contributed by atoms with E-state index < -0.39 is 0 Å². The maximum absolute atomic E-state index is 4.87. The minimum absolute atomic E-state index is 0.900. The maximum Gasteiger partial charge on any atom is 0.0470 e. The molecule has 0 saturated heterocycles. The van der Waals surface area contributed by atoms with Gasteiger partial charge in [-0.2, -0.15) is 11.8 Å². The summed E-state index contributed by atoms with van der Waals surface area (Å²) < 4.78 is 4.87. The van der Waals surface area contributed by atoms with E-state index in [-0.39, 0.29) is 0 Å². The largest absolute Gasteiger partial charge is 0.385 e. The summed E-state index contributed by atoms with van der Waals surface area (Å²) in [7, 11) is 4.43. The molecule has 0 aromatic carbocycles. The molecule has 0 bridgehead atoms. The SMILES string of the molecule is COCCCSCP. The lowest BCUT2D eigenvalue weighted by Gasteiger charge is -1.95. The Morgan fingerprint density at radius 1 is 1.62 bits per heavy atom. The van der Waals surface area contributed by atoms with Crippen LogP contribution in [-0.4, -0.2) is 25.0 Å². The summed E-state index contributed by atoms with van der Waals surface area (Å²) in [6, 6.07) is 0. The summed E-state index contributed by atoms with van der Waals surface area (Å²) >= 11 is 1.93. The lowest BCUT2D eigenvalue weighted by molar-refractivity contribution is 0.200. The zero-order chi connectivity index (χ0) is 6.24. The van der Waals surface area contributed by atoms with Gasteiger partial charge < -0.3 is 4.74 Å². The predicted molar refractivity (Wildman–Crippen MR) is 43.5 cm³/mol. The molecule has 0 amide bonds. The quantitative estimate of drug-likeness (QED) is 0.437. The average Bonchev–Trinajstić information content (AvgIpc) is 1.81. The Labute approximate surface area is 57.8 Å². The van der Waals surface area contributed by atoms with Crippen LogP contribution in [0.4, 0.5) is 0 Å². The van der Waals surface area contributed by atoms with Gasteiger partial charge in [-0.1, -0.05) is 0 Å². The van der Waals surface area contributed by atoms with Crippen molar-refractivity contribution in [2.45, 2.75) is 6.42 Å². The molecule has 0 spiro atoms. The molecule has 0 aliphatic carbocycles. The first-order valence-electron chi connectivity index (χ1n) is 2.68. The van der Waals surface area contributed by atoms with Crippen LogP contribution in [0.15, 0.2) is 0 Å². The highest BCUT2D eigenvalue weighted by Crippen LogP contribution is 2.05. The first-order valence-corrected chi connectivity index (χ1v) is 4.65. The minimum atomic E-state index is 0.900. The zero-order valence-electron chi connectivity index (χ0n) is 5.22. The van der Waals surface area contributed by atoms with Crippen molar-refractivity contribution in [1.82, 2.24) is 0 Å². The molecule has 0 radical (unpaired) electrons. The summed E-state index contributed by atoms with van der Waals surface area (Å²) in [5, 5.41) is 0. The Balaban J connectivity index is 2.53. The van der Waals surface area contributed by atoms with Crippen molar-refractivity contribution >= 4 is 21.0 Å². The monoisotopic (exact) mass is 152 g/mol. The summed E-state index contributed by atoms with van der Waals surface area (Å²) in [5.41, 5.74) is 1.14. The minimum Gasteiger partial charge on any atom is -0.385 e. The van der Waals surface area contributed by atoms with E-state index in [1.807, 2.05) is 11.8 Å². The van der Waals surface area contributed by atoms with Crippen LogP contribution in [0.1, 0.15) is 6.42 Å².